The van der Waals surface area contributed by atoms with Crippen molar-refractivity contribution in [1.82, 2.24) is 10.6 Å². The summed E-state index contributed by atoms with van der Waals surface area (Å²) in [4.78, 5) is 22.8. The summed E-state index contributed by atoms with van der Waals surface area (Å²) in [6.07, 6.45) is 2.43. The summed E-state index contributed by atoms with van der Waals surface area (Å²) in [6.45, 7) is 1.96. The first-order valence-corrected chi connectivity index (χ1v) is 5.78. The molecule has 16 heavy (non-hydrogen) atoms. The highest BCUT2D eigenvalue weighted by Gasteiger charge is 2.23. The summed E-state index contributed by atoms with van der Waals surface area (Å²) in [5.74, 6) is -0.737. The maximum absolute atomic E-state index is 11.4. The van der Waals surface area contributed by atoms with E-state index in [0.717, 1.165) is 12.8 Å². The summed E-state index contributed by atoms with van der Waals surface area (Å²) in [5, 5.41) is 5.46. The summed E-state index contributed by atoms with van der Waals surface area (Å²) >= 11 is 4.70. The average Bonchev–Trinajstić information content (AvgIpc) is 3.00. The van der Waals surface area contributed by atoms with Gasteiger partial charge in [0.1, 0.15) is 0 Å². The van der Waals surface area contributed by atoms with Crippen LogP contribution in [-0.2, 0) is 9.59 Å². The molecular weight excluding hydrogens is 226 g/mol. The lowest BCUT2D eigenvalue weighted by Crippen LogP contribution is -2.38. The van der Waals surface area contributed by atoms with E-state index in [2.05, 4.69) is 10.6 Å². The third-order valence-electron chi connectivity index (χ3n) is 2.41. The summed E-state index contributed by atoms with van der Waals surface area (Å²) in [5.41, 5.74) is 5.33. The molecular formula is C10H17N3O2S. The monoisotopic (exact) mass is 243 g/mol. The Balaban J connectivity index is 2.11. The van der Waals surface area contributed by atoms with Gasteiger partial charge in [-0.2, -0.15) is 0 Å². The Kier molecular flexibility index (Phi) is 4.67. The fourth-order valence-electron chi connectivity index (χ4n) is 1.11. The van der Waals surface area contributed by atoms with Crippen LogP contribution in [-0.4, -0.2) is 29.4 Å². The van der Waals surface area contributed by atoms with E-state index < -0.39 is 5.92 Å². The molecule has 0 saturated heterocycles. The fraction of sp³-hybridized carbons (Fsp3) is 0.700. The largest absolute Gasteiger partial charge is 0.393 e. The topological polar surface area (TPSA) is 84.2 Å². The Morgan fingerprint density at radius 2 is 2.12 bits per heavy atom. The number of carbonyl (C=O) groups excluding carboxylic acids is 2. The quantitative estimate of drug-likeness (QED) is 0.559. The van der Waals surface area contributed by atoms with Gasteiger partial charge in [-0.15, -0.1) is 0 Å². The molecule has 1 rings (SSSR count). The number of nitrogens with two attached hydrogens (primary N) is 1. The number of thiocarbonyl (C=S) groups is 1. The molecule has 6 heteroatoms. The first kappa shape index (κ1) is 12.9. The fourth-order valence-corrected chi connectivity index (χ4v) is 1.22. The van der Waals surface area contributed by atoms with Crippen LogP contribution in [0.1, 0.15) is 26.2 Å². The summed E-state index contributed by atoms with van der Waals surface area (Å²) in [7, 11) is 0. The second-order valence-corrected chi connectivity index (χ2v) is 4.48. The number of hydrogen-bond donors (Lipinski definition) is 3. The highest BCUT2D eigenvalue weighted by atomic mass is 32.1. The molecule has 4 N–H and O–H groups in total. The van der Waals surface area contributed by atoms with E-state index in [4.69, 9.17) is 18.0 Å². The molecule has 1 saturated carbocycles. The number of hydrogen-bond acceptors (Lipinski definition) is 3. The van der Waals surface area contributed by atoms with Crippen molar-refractivity contribution in [3.63, 3.8) is 0 Å². The van der Waals surface area contributed by atoms with Crippen LogP contribution in [0.5, 0.6) is 0 Å². The Morgan fingerprint density at radius 1 is 1.50 bits per heavy atom. The Labute approximate surface area is 100 Å². The van der Waals surface area contributed by atoms with Gasteiger partial charge >= 0.3 is 0 Å². The summed E-state index contributed by atoms with van der Waals surface area (Å²) < 4.78 is 0. The molecule has 1 atom stereocenters. The zero-order valence-electron chi connectivity index (χ0n) is 9.29. The van der Waals surface area contributed by atoms with Gasteiger partial charge in [-0.05, 0) is 19.8 Å². The molecule has 2 amide bonds. The van der Waals surface area contributed by atoms with Crippen LogP contribution in [0, 0.1) is 5.92 Å². The number of nitrogens with one attached hydrogen (secondary N) is 2. The molecule has 1 fully saturated rings. The number of amides is 2. The van der Waals surface area contributed by atoms with Crippen molar-refractivity contribution < 1.29 is 9.59 Å². The Bertz CT molecular complexity index is 302. The second-order valence-electron chi connectivity index (χ2n) is 4.01. The lowest BCUT2D eigenvalue weighted by molar-refractivity contribution is -0.123. The van der Waals surface area contributed by atoms with Crippen molar-refractivity contribution in [1.29, 1.82) is 0 Å². The predicted octanol–water partition coefficient (Wildman–Crippen LogP) is -0.306. The van der Waals surface area contributed by atoms with E-state index in [-0.39, 0.29) is 16.8 Å². The Morgan fingerprint density at radius 3 is 2.62 bits per heavy atom. The maximum Gasteiger partial charge on any atom is 0.229 e. The lowest BCUT2D eigenvalue weighted by atomic mass is 10.1. The van der Waals surface area contributed by atoms with E-state index >= 15 is 0 Å². The summed E-state index contributed by atoms with van der Waals surface area (Å²) in [6, 6.07) is 0.360. The minimum absolute atomic E-state index is 0.0224. The third-order valence-corrected chi connectivity index (χ3v) is 2.77. The van der Waals surface area contributed by atoms with Gasteiger partial charge in [-0.1, -0.05) is 12.2 Å². The highest BCUT2D eigenvalue weighted by molar-refractivity contribution is 7.80. The minimum Gasteiger partial charge on any atom is -0.393 e. The van der Waals surface area contributed by atoms with E-state index in [1.54, 1.807) is 6.92 Å². The maximum atomic E-state index is 11.4. The van der Waals surface area contributed by atoms with Gasteiger partial charge in [0.15, 0.2) is 0 Å². The molecule has 1 aliphatic carbocycles. The van der Waals surface area contributed by atoms with Gasteiger partial charge in [0, 0.05) is 19.0 Å². The molecule has 90 valence electrons. The van der Waals surface area contributed by atoms with Gasteiger partial charge in [0.25, 0.3) is 0 Å². The van der Waals surface area contributed by atoms with Gasteiger partial charge in [0.2, 0.25) is 11.8 Å². The van der Waals surface area contributed by atoms with Crippen LogP contribution < -0.4 is 16.4 Å². The Hall–Kier alpha value is -1.17. The van der Waals surface area contributed by atoms with E-state index in [1.165, 1.54) is 0 Å². The highest BCUT2D eigenvalue weighted by Crippen LogP contribution is 2.18. The SMILES string of the molecule is CC(C(=O)NCCC(=O)NC1CC1)C(N)=S. The van der Waals surface area contributed by atoms with Crippen molar-refractivity contribution in [2.45, 2.75) is 32.2 Å². The van der Waals surface area contributed by atoms with Gasteiger partial charge in [-0.25, -0.2) is 0 Å². The van der Waals surface area contributed by atoms with Crippen LogP contribution in [0.2, 0.25) is 0 Å². The van der Waals surface area contributed by atoms with Crippen LogP contribution in [0.15, 0.2) is 0 Å². The number of carbonyl (C=O) groups is 2. The lowest BCUT2D eigenvalue weighted by Gasteiger charge is -2.10. The van der Waals surface area contributed by atoms with Crippen molar-refractivity contribution in [2.75, 3.05) is 6.54 Å². The van der Waals surface area contributed by atoms with Gasteiger partial charge in [-0.3, -0.25) is 9.59 Å². The number of rotatable bonds is 6. The van der Waals surface area contributed by atoms with Crippen LogP contribution in [0.3, 0.4) is 0 Å². The van der Waals surface area contributed by atoms with Crippen LogP contribution in [0.25, 0.3) is 0 Å². The molecule has 0 spiro atoms. The van der Waals surface area contributed by atoms with Crippen LogP contribution >= 0.6 is 12.2 Å². The molecule has 1 unspecified atom stereocenters. The van der Waals surface area contributed by atoms with E-state index in [0.29, 0.717) is 19.0 Å². The molecule has 0 aromatic heterocycles. The van der Waals surface area contributed by atoms with Crippen molar-refractivity contribution >= 4 is 29.0 Å². The normalized spacial score (nSPS) is 16.3. The zero-order chi connectivity index (χ0) is 12.1. The molecule has 0 radical (unpaired) electrons. The van der Waals surface area contributed by atoms with Crippen molar-refractivity contribution in [3.8, 4) is 0 Å². The molecule has 0 aromatic rings. The van der Waals surface area contributed by atoms with Crippen molar-refractivity contribution in [2.24, 2.45) is 11.7 Å². The molecule has 1 aliphatic rings. The van der Waals surface area contributed by atoms with E-state index in [9.17, 15) is 9.59 Å². The molecule has 0 heterocycles. The van der Waals surface area contributed by atoms with Crippen molar-refractivity contribution in [3.05, 3.63) is 0 Å². The molecule has 0 bridgehead atoms. The third kappa shape index (κ3) is 4.57. The van der Waals surface area contributed by atoms with Crippen LogP contribution in [0.4, 0.5) is 0 Å². The smallest absolute Gasteiger partial charge is 0.229 e. The van der Waals surface area contributed by atoms with E-state index in [1.807, 2.05) is 0 Å². The predicted molar refractivity (Wildman–Crippen MR) is 64.7 cm³/mol. The first-order valence-electron chi connectivity index (χ1n) is 5.37. The standard InChI is InChI=1S/C10H17N3O2S/c1-6(9(11)16)10(15)12-5-4-8(14)13-7-2-3-7/h6-7H,2-5H2,1H3,(H2,11,16)(H,12,15)(H,13,14). The zero-order valence-corrected chi connectivity index (χ0v) is 10.1. The molecule has 0 aliphatic heterocycles. The molecule has 5 nitrogen and oxygen atoms in total. The molecule has 0 aromatic carbocycles. The first-order chi connectivity index (χ1) is 7.50. The average molecular weight is 243 g/mol. The van der Waals surface area contributed by atoms with Gasteiger partial charge in [0.05, 0.1) is 10.9 Å². The minimum atomic E-state index is -0.485. The second kappa shape index (κ2) is 5.79. The van der Waals surface area contributed by atoms with Gasteiger partial charge < -0.3 is 16.4 Å².